The van der Waals surface area contributed by atoms with Crippen molar-refractivity contribution in [3.05, 3.63) is 59.2 Å². The Hall–Kier alpha value is -3.30. The average molecular weight is 439 g/mol. The SMILES string of the molecule is NC1CCN(CCON=C2C(c3c(O)[nH]c4ccc(F)cc34)=Nc3ccc(F)cc32)CC1. The van der Waals surface area contributed by atoms with Crippen molar-refractivity contribution in [2.24, 2.45) is 15.9 Å². The van der Waals surface area contributed by atoms with Crippen LogP contribution in [0.25, 0.3) is 10.9 Å². The zero-order valence-electron chi connectivity index (χ0n) is 17.3. The van der Waals surface area contributed by atoms with Crippen molar-refractivity contribution in [3.63, 3.8) is 0 Å². The van der Waals surface area contributed by atoms with Crippen molar-refractivity contribution in [2.45, 2.75) is 18.9 Å². The molecule has 9 heteroatoms. The van der Waals surface area contributed by atoms with Gasteiger partial charge in [0.25, 0.3) is 0 Å². The van der Waals surface area contributed by atoms with Crippen LogP contribution in [0.2, 0.25) is 0 Å². The van der Waals surface area contributed by atoms with E-state index < -0.39 is 11.6 Å². The summed E-state index contributed by atoms with van der Waals surface area (Å²) in [5, 5.41) is 15.3. The quantitative estimate of drug-likeness (QED) is 0.419. The van der Waals surface area contributed by atoms with E-state index in [-0.39, 0.29) is 11.9 Å². The van der Waals surface area contributed by atoms with E-state index in [4.69, 9.17) is 10.6 Å². The summed E-state index contributed by atoms with van der Waals surface area (Å²) < 4.78 is 27.9. The van der Waals surface area contributed by atoms with Crippen molar-refractivity contribution in [1.82, 2.24) is 9.88 Å². The van der Waals surface area contributed by atoms with E-state index in [0.717, 1.165) is 25.9 Å². The standard InChI is InChI=1S/C23H23F2N5O2/c24-13-1-3-18-16(11-13)20(23(31)28-18)22-21(17-12-14(25)2-4-19(17)27-22)29-32-10-9-30-7-5-15(26)6-8-30/h1-4,11-12,15,28,31H,5-10,26H2. The molecule has 0 amide bonds. The van der Waals surface area contributed by atoms with E-state index in [0.29, 0.717) is 52.3 Å². The highest BCUT2D eigenvalue weighted by atomic mass is 19.1. The van der Waals surface area contributed by atoms with Gasteiger partial charge in [-0.05, 0) is 62.3 Å². The Kier molecular flexibility index (Phi) is 5.36. The lowest BCUT2D eigenvalue weighted by molar-refractivity contribution is 0.100. The maximum atomic E-state index is 14.0. The van der Waals surface area contributed by atoms with Crippen LogP contribution in [-0.4, -0.2) is 58.7 Å². The molecule has 4 N–H and O–H groups in total. The summed E-state index contributed by atoms with van der Waals surface area (Å²) in [6, 6.07) is 8.57. The molecular weight excluding hydrogens is 416 g/mol. The topological polar surface area (TPSA) is 99.2 Å². The fourth-order valence-corrected chi connectivity index (χ4v) is 4.21. The molecule has 3 aromatic rings. The van der Waals surface area contributed by atoms with Crippen LogP contribution in [0.3, 0.4) is 0 Å². The first kappa shape index (κ1) is 20.6. The van der Waals surface area contributed by atoms with Gasteiger partial charge in [-0.2, -0.15) is 0 Å². The Morgan fingerprint density at radius 3 is 2.72 bits per heavy atom. The monoisotopic (exact) mass is 439 g/mol. The van der Waals surface area contributed by atoms with Crippen molar-refractivity contribution in [3.8, 4) is 5.88 Å². The molecule has 166 valence electrons. The molecule has 2 aromatic carbocycles. The van der Waals surface area contributed by atoms with E-state index >= 15 is 0 Å². The highest BCUT2D eigenvalue weighted by molar-refractivity contribution is 6.58. The number of fused-ring (bicyclic) bond motifs is 2. The van der Waals surface area contributed by atoms with Gasteiger partial charge in [-0.3, -0.25) is 4.90 Å². The number of aromatic hydroxyl groups is 1. The Morgan fingerprint density at radius 2 is 1.91 bits per heavy atom. The third kappa shape index (κ3) is 3.85. The molecule has 0 spiro atoms. The first-order chi connectivity index (χ1) is 15.5. The molecule has 5 rings (SSSR count). The number of nitrogens with two attached hydrogens (primary N) is 1. The third-order valence-electron chi connectivity index (χ3n) is 5.93. The number of benzene rings is 2. The Labute approximate surface area is 183 Å². The van der Waals surface area contributed by atoms with Gasteiger partial charge in [-0.25, -0.2) is 13.8 Å². The molecule has 2 aliphatic heterocycles. The summed E-state index contributed by atoms with van der Waals surface area (Å²) in [5.41, 5.74) is 8.33. The molecular formula is C23H23F2N5O2. The molecule has 0 saturated carbocycles. The normalized spacial score (nSPS) is 18.3. The van der Waals surface area contributed by atoms with Gasteiger partial charge in [0, 0.05) is 29.1 Å². The van der Waals surface area contributed by atoms with Crippen LogP contribution in [0.15, 0.2) is 46.5 Å². The average Bonchev–Trinajstić information content (AvgIpc) is 3.28. The number of halogens is 2. The minimum Gasteiger partial charge on any atom is -0.494 e. The maximum absolute atomic E-state index is 14.0. The third-order valence-corrected chi connectivity index (χ3v) is 5.93. The van der Waals surface area contributed by atoms with Crippen molar-refractivity contribution in [1.29, 1.82) is 0 Å². The number of nitrogens with one attached hydrogen (secondary N) is 1. The fraction of sp³-hybridized carbons (Fsp3) is 0.304. The van der Waals surface area contributed by atoms with E-state index in [9.17, 15) is 13.9 Å². The van der Waals surface area contributed by atoms with E-state index in [1.54, 1.807) is 0 Å². The molecule has 0 radical (unpaired) electrons. The molecule has 0 aliphatic carbocycles. The van der Waals surface area contributed by atoms with Gasteiger partial charge in [0.15, 0.2) is 5.88 Å². The molecule has 3 heterocycles. The van der Waals surface area contributed by atoms with Crippen LogP contribution >= 0.6 is 0 Å². The van der Waals surface area contributed by atoms with Gasteiger partial charge in [0.1, 0.15) is 29.7 Å². The first-order valence-corrected chi connectivity index (χ1v) is 10.6. The summed E-state index contributed by atoms with van der Waals surface area (Å²) in [7, 11) is 0. The summed E-state index contributed by atoms with van der Waals surface area (Å²) in [4.78, 5) is 15.2. The highest BCUT2D eigenvalue weighted by Crippen LogP contribution is 2.36. The van der Waals surface area contributed by atoms with Gasteiger partial charge in [0.05, 0.1) is 11.3 Å². The number of piperidine rings is 1. The number of rotatable bonds is 5. The number of aliphatic imine (C=N–C) groups is 1. The van der Waals surface area contributed by atoms with Crippen LogP contribution in [0.5, 0.6) is 5.88 Å². The second kappa shape index (κ2) is 8.33. The molecule has 1 saturated heterocycles. The number of oxime groups is 1. The minimum atomic E-state index is -0.448. The number of aromatic amines is 1. The van der Waals surface area contributed by atoms with Gasteiger partial charge < -0.3 is 20.7 Å². The lowest BCUT2D eigenvalue weighted by Gasteiger charge is -2.29. The maximum Gasteiger partial charge on any atom is 0.199 e. The minimum absolute atomic E-state index is 0.171. The largest absolute Gasteiger partial charge is 0.494 e. The number of hydrogen-bond acceptors (Lipinski definition) is 6. The predicted molar refractivity (Wildman–Crippen MR) is 119 cm³/mol. The molecule has 0 unspecified atom stereocenters. The zero-order valence-corrected chi connectivity index (χ0v) is 17.3. The van der Waals surface area contributed by atoms with E-state index in [1.807, 2.05) is 0 Å². The van der Waals surface area contributed by atoms with Crippen molar-refractivity contribution in [2.75, 3.05) is 26.2 Å². The van der Waals surface area contributed by atoms with Crippen LogP contribution in [0.1, 0.15) is 24.0 Å². The zero-order chi connectivity index (χ0) is 22.2. The van der Waals surface area contributed by atoms with Gasteiger partial charge >= 0.3 is 0 Å². The van der Waals surface area contributed by atoms with Gasteiger partial charge in [-0.1, -0.05) is 5.16 Å². The lowest BCUT2D eigenvalue weighted by Crippen LogP contribution is -2.40. The van der Waals surface area contributed by atoms with Gasteiger partial charge in [0.2, 0.25) is 0 Å². The number of aromatic nitrogens is 1. The van der Waals surface area contributed by atoms with Gasteiger partial charge in [-0.15, -0.1) is 0 Å². The molecule has 2 aliphatic rings. The smallest absolute Gasteiger partial charge is 0.199 e. The van der Waals surface area contributed by atoms with Crippen LogP contribution in [0, 0.1) is 11.6 Å². The number of H-pyrrole nitrogens is 1. The number of nitrogens with zero attached hydrogens (tertiary/aromatic N) is 3. The molecule has 1 aromatic heterocycles. The molecule has 1 fully saturated rings. The highest BCUT2D eigenvalue weighted by Gasteiger charge is 2.30. The van der Waals surface area contributed by atoms with Crippen LogP contribution in [-0.2, 0) is 4.84 Å². The van der Waals surface area contributed by atoms with Crippen molar-refractivity contribution < 1.29 is 18.7 Å². The Balaban J connectivity index is 1.45. The van der Waals surface area contributed by atoms with Crippen LogP contribution in [0.4, 0.5) is 14.5 Å². The molecule has 0 bridgehead atoms. The fourth-order valence-electron chi connectivity index (χ4n) is 4.21. The predicted octanol–water partition coefficient (Wildman–Crippen LogP) is 3.43. The molecule has 7 nitrogen and oxygen atoms in total. The number of hydrogen-bond donors (Lipinski definition) is 3. The number of likely N-dealkylation sites (tertiary alicyclic amines) is 1. The summed E-state index contributed by atoms with van der Waals surface area (Å²) in [6.07, 6.45) is 1.91. The van der Waals surface area contributed by atoms with E-state index in [2.05, 4.69) is 20.0 Å². The van der Waals surface area contributed by atoms with Crippen molar-refractivity contribution >= 4 is 28.0 Å². The second-order valence-corrected chi connectivity index (χ2v) is 8.11. The Bertz CT molecular complexity index is 1230. The second-order valence-electron chi connectivity index (χ2n) is 8.11. The molecule has 32 heavy (non-hydrogen) atoms. The summed E-state index contributed by atoms with van der Waals surface area (Å²) >= 11 is 0. The first-order valence-electron chi connectivity index (χ1n) is 10.6. The summed E-state index contributed by atoms with van der Waals surface area (Å²) in [6.45, 7) is 2.86. The molecule has 0 atom stereocenters. The lowest BCUT2D eigenvalue weighted by atomic mass is 10.0. The summed E-state index contributed by atoms with van der Waals surface area (Å²) in [5.74, 6) is -1.06. The van der Waals surface area contributed by atoms with E-state index in [1.165, 1.54) is 36.4 Å². The Morgan fingerprint density at radius 1 is 1.16 bits per heavy atom. The van der Waals surface area contributed by atoms with Crippen LogP contribution < -0.4 is 5.73 Å².